The van der Waals surface area contributed by atoms with E-state index in [9.17, 15) is 4.79 Å². The maximum Gasteiger partial charge on any atom is 0.265 e. The van der Waals surface area contributed by atoms with Crippen LogP contribution in [0.5, 0.6) is 0 Å². The van der Waals surface area contributed by atoms with E-state index in [0.717, 1.165) is 11.1 Å². The standard InChI is InChI=1S/C12H10BrClN2O/c1-6-3-4-8(5-9(6)14)11-15-7(2)10(13)12(17)16-11/h3-5H,1-2H3,(H,15,16,17). The number of hydrogen-bond donors (Lipinski definition) is 1. The van der Waals surface area contributed by atoms with E-state index >= 15 is 0 Å². The third-order valence-electron chi connectivity index (χ3n) is 2.47. The number of hydrogen-bond acceptors (Lipinski definition) is 2. The molecule has 0 aliphatic rings. The van der Waals surface area contributed by atoms with Gasteiger partial charge in [0.2, 0.25) is 0 Å². The van der Waals surface area contributed by atoms with Gasteiger partial charge in [-0.05, 0) is 41.4 Å². The highest BCUT2D eigenvalue weighted by Crippen LogP contribution is 2.23. The van der Waals surface area contributed by atoms with Gasteiger partial charge in [-0.3, -0.25) is 4.79 Å². The molecule has 0 saturated carbocycles. The number of aromatic amines is 1. The van der Waals surface area contributed by atoms with Crippen molar-refractivity contribution in [2.24, 2.45) is 0 Å². The topological polar surface area (TPSA) is 45.8 Å². The molecule has 0 aliphatic heterocycles. The Morgan fingerprint density at radius 3 is 2.65 bits per heavy atom. The molecule has 0 saturated heterocycles. The lowest BCUT2D eigenvalue weighted by atomic mass is 10.1. The third kappa shape index (κ3) is 2.42. The number of halogens is 2. The Morgan fingerprint density at radius 2 is 2.06 bits per heavy atom. The van der Waals surface area contributed by atoms with E-state index in [4.69, 9.17) is 11.6 Å². The van der Waals surface area contributed by atoms with Crippen LogP contribution in [0.3, 0.4) is 0 Å². The zero-order valence-corrected chi connectivity index (χ0v) is 11.7. The SMILES string of the molecule is Cc1ccc(-c2nc(C)c(Br)c(=O)[nH]2)cc1Cl. The molecule has 1 N–H and O–H groups in total. The van der Waals surface area contributed by atoms with Crippen LogP contribution in [0.25, 0.3) is 11.4 Å². The van der Waals surface area contributed by atoms with Crippen molar-refractivity contribution in [3.8, 4) is 11.4 Å². The van der Waals surface area contributed by atoms with Crippen molar-refractivity contribution >= 4 is 27.5 Å². The first-order valence-corrected chi connectivity index (χ1v) is 6.19. The van der Waals surface area contributed by atoms with Gasteiger partial charge in [0, 0.05) is 10.6 Å². The number of nitrogens with one attached hydrogen (secondary N) is 1. The van der Waals surface area contributed by atoms with Crippen molar-refractivity contribution in [1.82, 2.24) is 9.97 Å². The Balaban J connectivity index is 2.61. The van der Waals surface area contributed by atoms with Gasteiger partial charge in [-0.15, -0.1) is 0 Å². The number of H-pyrrole nitrogens is 1. The Labute approximate surface area is 112 Å². The van der Waals surface area contributed by atoms with Gasteiger partial charge in [-0.25, -0.2) is 4.98 Å². The highest BCUT2D eigenvalue weighted by Gasteiger charge is 2.07. The summed E-state index contributed by atoms with van der Waals surface area (Å²) in [4.78, 5) is 18.6. The van der Waals surface area contributed by atoms with Crippen molar-refractivity contribution in [3.63, 3.8) is 0 Å². The highest BCUT2D eigenvalue weighted by atomic mass is 79.9. The van der Waals surface area contributed by atoms with Gasteiger partial charge >= 0.3 is 0 Å². The molecule has 2 aromatic rings. The van der Waals surface area contributed by atoms with Crippen LogP contribution in [0, 0.1) is 13.8 Å². The van der Waals surface area contributed by atoms with E-state index in [1.807, 2.05) is 19.1 Å². The predicted octanol–water partition coefficient (Wildman–Crippen LogP) is 3.47. The van der Waals surface area contributed by atoms with E-state index in [1.165, 1.54) is 0 Å². The van der Waals surface area contributed by atoms with Crippen molar-refractivity contribution in [3.05, 3.63) is 49.3 Å². The van der Waals surface area contributed by atoms with Crippen LogP contribution < -0.4 is 5.56 Å². The van der Waals surface area contributed by atoms with Gasteiger partial charge in [-0.1, -0.05) is 23.7 Å². The summed E-state index contributed by atoms with van der Waals surface area (Å²) in [7, 11) is 0. The lowest BCUT2D eigenvalue weighted by molar-refractivity contribution is 1.05. The summed E-state index contributed by atoms with van der Waals surface area (Å²) in [6.45, 7) is 3.70. The second kappa shape index (κ2) is 4.63. The molecule has 17 heavy (non-hydrogen) atoms. The first kappa shape index (κ1) is 12.3. The van der Waals surface area contributed by atoms with Gasteiger partial charge in [-0.2, -0.15) is 0 Å². The van der Waals surface area contributed by atoms with E-state index in [2.05, 4.69) is 25.9 Å². The summed E-state index contributed by atoms with van der Waals surface area (Å²) < 4.78 is 0.458. The smallest absolute Gasteiger partial charge is 0.265 e. The number of nitrogens with zero attached hydrogens (tertiary/aromatic N) is 1. The summed E-state index contributed by atoms with van der Waals surface area (Å²) in [5, 5.41) is 0.658. The minimum atomic E-state index is -0.191. The number of benzene rings is 1. The summed E-state index contributed by atoms with van der Waals surface area (Å²) in [6, 6.07) is 5.57. The summed E-state index contributed by atoms with van der Waals surface area (Å²) in [6.07, 6.45) is 0. The molecular weight excluding hydrogens is 304 g/mol. The van der Waals surface area contributed by atoms with Crippen molar-refractivity contribution < 1.29 is 0 Å². The molecule has 0 radical (unpaired) electrons. The second-order valence-electron chi connectivity index (χ2n) is 3.78. The normalized spacial score (nSPS) is 10.6. The first-order valence-electron chi connectivity index (χ1n) is 5.02. The first-order chi connectivity index (χ1) is 7.99. The molecule has 1 heterocycles. The predicted molar refractivity (Wildman–Crippen MR) is 72.5 cm³/mol. The maximum absolute atomic E-state index is 11.6. The minimum absolute atomic E-state index is 0.191. The minimum Gasteiger partial charge on any atom is -0.306 e. The fourth-order valence-corrected chi connectivity index (χ4v) is 1.82. The van der Waals surface area contributed by atoms with Crippen LogP contribution >= 0.6 is 27.5 Å². The van der Waals surface area contributed by atoms with Crippen molar-refractivity contribution in [1.29, 1.82) is 0 Å². The number of aryl methyl sites for hydroxylation is 2. The average Bonchev–Trinajstić information content (AvgIpc) is 2.29. The van der Waals surface area contributed by atoms with Crippen molar-refractivity contribution in [2.75, 3.05) is 0 Å². The van der Waals surface area contributed by atoms with E-state index in [1.54, 1.807) is 13.0 Å². The van der Waals surface area contributed by atoms with Gasteiger partial charge in [0.1, 0.15) is 10.3 Å². The van der Waals surface area contributed by atoms with Crippen LogP contribution in [0.2, 0.25) is 5.02 Å². The summed E-state index contributed by atoms with van der Waals surface area (Å²) in [5.74, 6) is 0.526. The molecule has 0 aliphatic carbocycles. The quantitative estimate of drug-likeness (QED) is 0.876. The van der Waals surface area contributed by atoms with Gasteiger partial charge < -0.3 is 4.98 Å². The van der Waals surface area contributed by atoms with Crippen LogP contribution in [-0.4, -0.2) is 9.97 Å². The zero-order valence-electron chi connectivity index (χ0n) is 9.34. The maximum atomic E-state index is 11.6. The number of aromatic nitrogens is 2. The Kier molecular flexibility index (Phi) is 3.35. The average molecular weight is 314 g/mol. The van der Waals surface area contributed by atoms with Crippen LogP contribution in [-0.2, 0) is 0 Å². The monoisotopic (exact) mass is 312 g/mol. The molecule has 0 unspecified atom stereocenters. The lowest BCUT2D eigenvalue weighted by Crippen LogP contribution is -2.11. The molecule has 0 bridgehead atoms. The van der Waals surface area contributed by atoms with Gasteiger partial charge in [0.05, 0.1) is 5.69 Å². The largest absolute Gasteiger partial charge is 0.306 e. The fourth-order valence-electron chi connectivity index (χ4n) is 1.45. The van der Waals surface area contributed by atoms with Gasteiger partial charge in [0.15, 0.2) is 0 Å². The molecule has 0 spiro atoms. The molecule has 88 valence electrons. The molecule has 0 amide bonds. The second-order valence-corrected chi connectivity index (χ2v) is 4.98. The van der Waals surface area contributed by atoms with Crippen LogP contribution in [0.15, 0.2) is 27.5 Å². The molecule has 0 fully saturated rings. The highest BCUT2D eigenvalue weighted by molar-refractivity contribution is 9.10. The third-order valence-corrected chi connectivity index (χ3v) is 3.81. The van der Waals surface area contributed by atoms with Crippen LogP contribution in [0.4, 0.5) is 0 Å². The molecular formula is C12H10BrClN2O. The van der Waals surface area contributed by atoms with Gasteiger partial charge in [0.25, 0.3) is 5.56 Å². The fraction of sp³-hybridized carbons (Fsp3) is 0.167. The van der Waals surface area contributed by atoms with E-state index in [-0.39, 0.29) is 5.56 Å². The molecule has 0 atom stereocenters. The Morgan fingerprint density at radius 1 is 1.35 bits per heavy atom. The molecule has 1 aromatic heterocycles. The Bertz CT molecular complexity index is 637. The lowest BCUT2D eigenvalue weighted by Gasteiger charge is -2.05. The summed E-state index contributed by atoms with van der Waals surface area (Å²) >= 11 is 9.23. The van der Waals surface area contributed by atoms with E-state index < -0.39 is 0 Å². The molecule has 1 aromatic carbocycles. The summed E-state index contributed by atoms with van der Waals surface area (Å²) in [5.41, 5.74) is 2.25. The zero-order chi connectivity index (χ0) is 12.6. The van der Waals surface area contributed by atoms with Crippen LogP contribution in [0.1, 0.15) is 11.3 Å². The molecule has 5 heteroatoms. The van der Waals surface area contributed by atoms with E-state index in [0.29, 0.717) is 21.0 Å². The van der Waals surface area contributed by atoms with Crippen molar-refractivity contribution in [2.45, 2.75) is 13.8 Å². The molecule has 3 nitrogen and oxygen atoms in total. The Hall–Kier alpha value is -1.13. The number of rotatable bonds is 1. The molecule has 2 rings (SSSR count).